The predicted molar refractivity (Wildman–Crippen MR) is 73.2 cm³/mol. The van der Waals surface area contributed by atoms with Gasteiger partial charge >= 0.3 is 0 Å². The van der Waals surface area contributed by atoms with Crippen LogP contribution in [0.1, 0.15) is 29.8 Å². The monoisotopic (exact) mass is 238 g/mol. The van der Waals surface area contributed by atoms with Gasteiger partial charge in [-0.3, -0.25) is 4.79 Å². The second-order valence-electron chi connectivity index (χ2n) is 4.09. The molecule has 90 valence electrons. The number of benzene rings is 1. The molecule has 2 rings (SSSR count). The second kappa shape index (κ2) is 5.33. The van der Waals surface area contributed by atoms with Crippen LogP contribution in [-0.2, 0) is 0 Å². The zero-order chi connectivity index (χ0) is 13.0. The van der Waals surface area contributed by atoms with Crippen LogP contribution in [0, 0.1) is 12.3 Å². The number of hydrogen-bond acceptors (Lipinski definition) is 3. The average Bonchev–Trinajstić information content (AvgIpc) is 2.39. The lowest BCUT2D eigenvalue weighted by Gasteiger charge is -2.05. The van der Waals surface area contributed by atoms with Gasteiger partial charge in [0.25, 0.3) is 0 Å². The van der Waals surface area contributed by atoms with Crippen LogP contribution < -0.4 is 5.73 Å². The Bertz CT molecular complexity index is 626. The van der Waals surface area contributed by atoms with Crippen LogP contribution in [0.15, 0.2) is 30.3 Å². The molecule has 3 nitrogen and oxygen atoms in total. The molecule has 0 atom stereocenters. The lowest BCUT2D eigenvalue weighted by atomic mass is 10.1. The fourth-order valence-electron chi connectivity index (χ4n) is 1.82. The van der Waals surface area contributed by atoms with Gasteiger partial charge in [-0.15, -0.1) is 12.3 Å². The van der Waals surface area contributed by atoms with Gasteiger partial charge in [0, 0.05) is 23.9 Å². The fraction of sp³-hybridized carbons (Fsp3) is 0.200. The second-order valence-corrected chi connectivity index (χ2v) is 4.09. The van der Waals surface area contributed by atoms with E-state index in [9.17, 15) is 4.79 Å². The van der Waals surface area contributed by atoms with E-state index in [0.29, 0.717) is 30.6 Å². The van der Waals surface area contributed by atoms with Crippen molar-refractivity contribution in [2.24, 2.45) is 0 Å². The summed E-state index contributed by atoms with van der Waals surface area (Å²) in [6.07, 6.45) is 6.86. The molecule has 1 heterocycles. The number of carbonyl (C=O) groups excluding carboxylic acids is 1. The van der Waals surface area contributed by atoms with Gasteiger partial charge in [0.05, 0.1) is 5.52 Å². The standard InChI is InChI=1S/C15H14N2O/c1-2-3-4-9-15(18)14-10-12(16)11-7-5-6-8-13(11)17-14/h1,5-8,10H,3-4,9H2,(H2,16,17). The highest BCUT2D eigenvalue weighted by Crippen LogP contribution is 2.20. The number of hydrogen-bond donors (Lipinski definition) is 1. The quantitative estimate of drug-likeness (QED) is 0.506. The first-order valence-corrected chi connectivity index (χ1v) is 5.84. The summed E-state index contributed by atoms with van der Waals surface area (Å²) < 4.78 is 0. The van der Waals surface area contributed by atoms with Crippen molar-refractivity contribution in [2.75, 3.05) is 5.73 Å². The number of unbranched alkanes of at least 4 members (excludes halogenated alkanes) is 1. The topological polar surface area (TPSA) is 56.0 Å². The number of rotatable bonds is 4. The summed E-state index contributed by atoms with van der Waals surface area (Å²) in [7, 11) is 0. The number of aromatic nitrogens is 1. The first-order chi connectivity index (χ1) is 8.72. The summed E-state index contributed by atoms with van der Waals surface area (Å²) in [5.74, 6) is 2.51. The van der Waals surface area contributed by atoms with Crippen LogP contribution >= 0.6 is 0 Å². The van der Waals surface area contributed by atoms with E-state index < -0.39 is 0 Å². The number of Topliss-reactive ketones (excluding diaryl/α,β-unsaturated/α-hetero) is 1. The molecule has 0 spiro atoms. The van der Waals surface area contributed by atoms with Crippen LogP contribution in [0.2, 0.25) is 0 Å². The number of anilines is 1. The highest BCUT2D eigenvalue weighted by molar-refractivity contribution is 6.00. The molecule has 0 aliphatic rings. The molecule has 0 unspecified atom stereocenters. The van der Waals surface area contributed by atoms with Crippen molar-refractivity contribution in [1.82, 2.24) is 4.98 Å². The normalized spacial score (nSPS) is 10.2. The number of fused-ring (bicyclic) bond motifs is 1. The molecule has 0 aliphatic heterocycles. The van der Waals surface area contributed by atoms with E-state index in [1.54, 1.807) is 6.07 Å². The smallest absolute Gasteiger partial charge is 0.181 e. The van der Waals surface area contributed by atoms with Gasteiger partial charge in [0.2, 0.25) is 0 Å². The highest BCUT2D eigenvalue weighted by atomic mass is 16.1. The lowest BCUT2D eigenvalue weighted by Crippen LogP contribution is -2.04. The molecule has 3 heteroatoms. The number of nitrogens with zero attached hydrogens (tertiary/aromatic N) is 1. The van der Waals surface area contributed by atoms with Gasteiger partial charge in [-0.25, -0.2) is 4.98 Å². The third kappa shape index (κ3) is 2.49. The Morgan fingerprint density at radius 3 is 2.94 bits per heavy atom. The maximum absolute atomic E-state index is 11.9. The Morgan fingerprint density at radius 1 is 1.39 bits per heavy atom. The lowest BCUT2D eigenvalue weighted by molar-refractivity contribution is 0.0976. The number of nitrogen functional groups attached to an aromatic ring is 1. The van der Waals surface area contributed by atoms with Crippen molar-refractivity contribution in [1.29, 1.82) is 0 Å². The summed E-state index contributed by atoms with van der Waals surface area (Å²) >= 11 is 0. The Kier molecular flexibility index (Phi) is 3.59. The van der Waals surface area contributed by atoms with E-state index in [-0.39, 0.29) is 5.78 Å². The molecule has 0 radical (unpaired) electrons. The number of terminal acetylenes is 1. The van der Waals surface area contributed by atoms with Gasteiger partial charge in [-0.2, -0.15) is 0 Å². The number of pyridine rings is 1. The van der Waals surface area contributed by atoms with E-state index in [1.807, 2.05) is 24.3 Å². The summed E-state index contributed by atoms with van der Waals surface area (Å²) in [5.41, 5.74) is 7.68. The van der Waals surface area contributed by atoms with Gasteiger partial charge in [0.1, 0.15) is 5.69 Å². The third-order valence-corrected chi connectivity index (χ3v) is 2.76. The van der Waals surface area contributed by atoms with Crippen molar-refractivity contribution in [3.05, 3.63) is 36.0 Å². The molecule has 2 N–H and O–H groups in total. The Labute approximate surface area is 106 Å². The van der Waals surface area contributed by atoms with Gasteiger partial charge in [-0.05, 0) is 18.6 Å². The molecule has 0 aliphatic carbocycles. The molecule has 0 saturated carbocycles. The molecule has 0 saturated heterocycles. The molecular formula is C15H14N2O. The van der Waals surface area contributed by atoms with Crippen LogP contribution in [0.4, 0.5) is 5.69 Å². The van der Waals surface area contributed by atoms with E-state index >= 15 is 0 Å². The predicted octanol–water partition coefficient (Wildman–Crippen LogP) is 2.80. The van der Waals surface area contributed by atoms with Crippen LogP contribution in [0.5, 0.6) is 0 Å². The molecule has 0 bridgehead atoms. The molecule has 1 aromatic heterocycles. The van der Waals surface area contributed by atoms with Crippen LogP contribution in [0.25, 0.3) is 10.9 Å². The minimum absolute atomic E-state index is 0.0114. The molecule has 1 aromatic carbocycles. The third-order valence-electron chi connectivity index (χ3n) is 2.76. The number of ketones is 1. The molecule has 2 aromatic rings. The zero-order valence-corrected chi connectivity index (χ0v) is 10.0. The maximum atomic E-state index is 11.9. The van der Waals surface area contributed by atoms with Crippen molar-refractivity contribution in [2.45, 2.75) is 19.3 Å². The average molecular weight is 238 g/mol. The molecule has 0 amide bonds. The number of nitrogens with two attached hydrogens (primary N) is 1. The number of para-hydroxylation sites is 1. The van der Waals surface area contributed by atoms with E-state index in [1.165, 1.54) is 0 Å². The summed E-state index contributed by atoms with van der Waals surface area (Å²) in [6.45, 7) is 0. The van der Waals surface area contributed by atoms with Crippen molar-refractivity contribution < 1.29 is 4.79 Å². The van der Waals surface area contributed by atoms with Crippen LogP contribution in [0.3, 0.4) is 0 Å². The zero-order valence-electron chi connectivity index (χ0n) is 10.0. The van der Waals surface area contributed by atoms with Crippen molar-refractivity contribution >= 4 is 22.4 Å². The first kappa shape index (κ1) is 12.1. The SMILES string of the molecule is C#CCCCC(=O)c1cc(N)c2ccccc2n1. The maximum Gasteiger partial charge on any atom is 0.181 e. The largest absolute Gasteiger partial charge is 0.398 e. The van der Waals surface area contributed by atoms with Crippen LogP contribution in [-0.4, -0.2) is 10.8 Å². The van der Waals surface area contributed by atoms with E-state index in [2.05, 4.69) is 10.9 Å². The van der Waals surface area contributed by atoms with Gasteiger partial charge in [0.15, 0.2) is 5.78 Å². The summed E-state index contributed by atoms with van der Waals surface area (Å²) in [5, 5.41) is 0.873. The van der Waals surface area contributed by atoms with Crippen molar-refractivity contribution in [3.63, 3.8) is 0 Å². The van der Waals surface area contributed by atoms with E-state index in [0.717, 1.165) is 10.9 Å². The molecule has 0 fully saturated rings. The Morgan fingerprint density at radius 2 is 2.17 bits per heavy atom. The van der Waals surface area contributed by atoms with Crippen molar-refractivity contribution in [3.8, 4) is 12.3 Å². The number of carbonyl (C=O) groups is 1. The molecule has 18 heavy (non-hydrogen) atoms. The minimum atomic E-state index is -0.0114. The minimum Gasteiger partial charge on any atom is -0.398 e. The Balaban J connectivity index is 2.29. The summed E-state index contributed by atoms with van der Waals surface area (Å²) in [4.78, 5) is 16.3. The summed E-state index contributed by atoms with van der Waals surface area (Å²) in [6, 6.07) is 9.16. The highest BCUT2D eigenvalue weighted by Gasteiger charge is 2.10. The van der Waals surface area contributed by atoms with E-state index in [4.69, 9.17) is 12.2 Å². The first-order valence-electron chi connectivity index (χ1n) is 5.84. The van der Waals surface area contributed by atoms with Gasteiger partial charge in [-0.1, -0.05) is 18.2 Å². The Hall–Kier alpha value is -2.34. The van der Waals surface area contributed by atoms with Gasteiger partial charge < -0.3 is 5.73 Å². The molecular weight excluding hydrogens is 224 g/mol. The fourth-order valence-corrected chi connectivity index (χ4v) is 1.82.